The van der Waals surface area contributed by atoms with Crippen LogP contribution < -0.4 is 14.2 Å². The van der Waals surface area contributed by atoms with Gasteiger partial charge in [0.2, 0.25) is 0 Å². The van der Waals surface area contributed by atoms with Crippen LogP contribution in [-0.4, -0.2) is 26.5 Å². The number of esters is 1. The van der Waals surface area contributed by atoms with Gasteiger partial charge in [-0.3, -0.25) is 4.79 Å². The van der Waals surface area contributed by atoms with Crippen molar-refractivity contribution in [3.8, 4) is 17.2 Å². The summed E-state index contributed by atoms with van der Waals surface area (Å²) in [5.41, 5.74) is 0.464. The molecule has 2 aromatic carbocycles. The SMILES string of the molecule is COc1ccc(C(=O)Oc2ccc(Cl)cc2C=O)cc1OC. The number of benzene rings is 2. The molecule has 22 heavy (non-hydrogen) atoms. The lowest BCUT2D eigenvalue weighted by Crippen LogP contribution is -2.10. The molecule has 0 aliphatic carbocycles. The molecule has 0 amide bonds. The van der Waals surface area contributed by atoms with Crippen molar-refractivity contribution < 1.29 is 23.8 Å². The van der Waals surface area contributed by atoms with Gasteiger partial charge in [-0.1, -0.05) is 11.6 Å². The maximum Gasteiger partial charge on any atom is 0.343 e. The van der Waals surface area contributed by atoms with Crippen LogP contribution in [-0.2, 0) is 0 Å². The number of aldehydes is 1. The zero-order chi connectivity index (χ0) is 16.1. The molecule has 0 radical (unpaired) electrons. The molecule has 6 heteroatoms. The number of ether oxygens (including phenoxy) is 3. The Hall–Kier alpha value is -2.53. The highest BCUT2D eigenvalue weighted by molar-refractivity contribution is 6.30. The quantitative estimate of drug-likeness (QED) is 0.480. The molecule has 114 valence electrons. The van der Waals surface area contributed by atoms with Crippen molar-refractivity contribution >= 4 is 23.9 Å². The molecule has 0 fully saturated rings. The van der Waals surface area contributed by atoms with Gasteiger partial charge in [0.15, 0.2) is 17.8 Å². The summed E-state index contributed by atoms with van der Waals surface area (Å²) in [7, 11) is 2.97. The molecule has 0 atom stereocenters. The largest absolute Gasteiger partial charge is 0.493 e. The van der Waals surface area contributed by atoms with Crippen LogP contribution in [0.4, 0.5) is 0 Å². The normalized spacial score (nSPS) is 9.95. The molecule has 5 nitrogen and oxygen atoms in total. The first-order valence-corrected chi connectivity index (χ1v) is 6.65. The number of rotatable bonds is 5. The molecule has 0 heterocycles. The second kappa shape index (κ2) is 6.95. The molecule has 2 aromatic rings. The first-order valence-electron chi connectivity index (χ1n) is 6.28. The van der Waals surface area contributed by atoms with E-state index in [9.17, 15) is 9.59 Å². The third-order valence-corrected chi connectivity index (χ3v) is 3.16. The van der Waals surface area contributed by atoms with E-state index < -0.39 is 5.97 Å². The minimum absolute atomic E-state index is 0.138. The fourth-order valence-electron chi connectivity index (χ4n) is 1.83. The van der Waals surface area contributed by atoms with Gasteiger partial charge in [0.1, 0.15) is 5.75 Å². The minimum atomic E-state index is -0.619. The summed E-state index contributed by atoms with van der Waals surface area (Å²) < 4.78 is 15.5. The van der Waals surface area contributed by atoms with Crippen molar-refractivity contribution in [2.75, 3.05) is 14.2 Å². The van der Waals surface area contributed by atoms with Crippen LogP contribution in [0.25, 0.3) is 0 Å². The third kappa shape index (κ3) is 3.38. The van der Waals surface area contributed by atoms with E-state index in [1.165, 1.54) is 38.5 Å². The van der Waals surface area contributed by atoms with Crippen LogP contribution in [0.15, 0.2) is 36.4 Å². The summed E-state index contributed by atoms with van der Waals surface area (Å²) in [6.45, 7) is 0. The van der Waals surface area contributed by atoms with Gasteiger partial charge < -0.3 is 14.2 Å². The van der Waals surface area contributed by atoms with Gasteiger partial charge in [0, 0.05) is 5.02 Å². The van der Waals surface area contributed by atoms with Crippen molar-refractivity contribution in [3.05, 3.63) is 52.5 Å². The Bertz CT molecular complexity index is 712. The maximum absolute atomic E-state index is 12.2. The van der Waals surface area contributed by atoms with Crippen LogP contribution in [0.5, 0.6) is 17.2 Å². The first kappa shape index (κ1) is 15.9. The Kier molecular flexibility index (Phi) is 5.01. The number of carbonyl (C=O) groups is 2. The average Bonchev–Trinajstić information content (AvgIpc) is 2.55. The molecule has 0 aliphatic heterocycles. The Labute approximate surface area is 132 Å². The highest BCUT2D eigenvalue weighted by atomic mass is 35.5. The molecule has 0 aromatic heterocycles. The molecule has 0 saturated carbocycles. The summed E-state index contributed by atoms with van der Waals surface area (Å²) in [6, 6.07) is 9.05. The minimum Gasteiger partial charge on any atom is -0.493 e. The van der Waals surface area contributed by atoms with E-state index in [2.05, 4.69) is 0 Å². The molecule has 0 aliphatic rings. The van der Waals surface area contributed by atoms with E-state index in [0.29, 0.717) is 22.8 Å². The van der Waals surface area contributed by atoms with Crippen LogP contribution in [0.2, 0.25) is 5.02 Å². The Balaban J connectivity index is 2.28. The predicted octanol–water partition coefficient (Wildman–Crippen LogP) is 3.39. The van der Waals surface area contributed by atoms with Gasteiger partial charge in [-0.2, -0.15) is 0 Å². The van der Waals surface area contributed by atoms with Gasteiger partial charge in [-0.15, -0.1) is 0 Å². The summed E-state index contributed by atoms with van der Waals surface area (Å²) in [5, 5.41) is 0.382. The molecule has 0 bridgehead atoms. The lowest BCUT2D eigenvalue weighted by atomic mass is 10.2. The molecule has 2 rings (SSSR count). The second-order valence-electron chi connectivity index (χ2n) is 4.26. The van der Waals surface area contributed by atoms with E-state index in [0.717, 1.165) is 0 Å². The highest BCUT2D eigenvalue weighted by Gasteiger charge is 2.14. The molecular formula is C16H13ClO5. The zero-order valence-electron chi connectivity index (χ0n) is 12.0. The summed E-state index contributed by atoms with van der Waals surface area (Å²) in [5.74, 6) is 0.424. The van der Waals surface area contributed by atoms with Crippen molar-refractivity contribution in [3.63, 3.8) is 0 Å². The number of methoxy groups -OCH3 is 2. The lowest BCUT2D eigenvalue weighted by Gasteiger charge is -2.10. The van der Waals surface area contributed by atoms with Crippen LogP contribution in [0.3, 0.4) is 0 Å². The van der Waals surface area contributed by atoms with Crippen LogP contribution in [0, 0.1) is 0 Å². The van der Waals surface area contributed by atoms with Crippen molar-refractivity contribution in [1.82, 2.24) is 0 Å². The fraction of sp³-hybridized carbons (Fsp3) is 0.125. The standard InChI is InChI=1S/C16H13ClO5/c1-20-14-5-3-10(8-15(14)21-2)16(19)22-13-6-4-12(17)7-11(13)9-18/h3-9H,1-2H3. The fourth-order valence-corrected chi connectivity index (χ4v) is 2.01. The molecule has 0 spiro atoms. The summed E-state index contributed by atoms with van der Waals surface area (Å²) in [6.07, 6.45) is 0.573. The van der Waals surface area contributed by atoms with Crippen LogP contribution in [0.1, 0.15) is 20.7 Å². The van der Waals surface area contributed by atoms with Gasteiger partial charge in [-0.05, 0) is 36.4 Å². The topological polar surface area (TPSA) is 61.8 Å². The molecule has 0 saturated heterocycles. The summed E-state index contributed by atoms with van der Waals surface area (Å²) >= 11 is 5.79. The van der Waals surface area contributed by atoms with E-state index in [-0.39, 0.29) is 16.9 Å². The van der Waals surface area contributed by atoms with E-state index in [1.54, 1.807) is 12.1 Å². The zero-order valence-corrected chi connectivity index (χ0v) is 12.7. The number of halogens is 1. The number of hydrogen-bond donors (Lipinski definition) is 0. The predicted molar refractivity (Wildman–Crippen MR) is 81.3 cm³/mol. The number of carbonyl (C=O) groups excluding carboxylic acids is 2. The average molecular weight is 321 g/mol. The summed E-state index contributed by atoms with van der Waals surface area (Å²) in [4.78, 5) is 23.2. The molecule has 0 unspecified atom stereocenters. The van der Waals surface area contributed by atoms with Crippen molar-refractivity contribution in [2.45, 2.75) is 0 Å². The van der Waals surface area contributed by atoms with Crippen LogP contribution >= 0.6 is 11.6 Å². The monoisotopic (exact) mass is 320 g/mol. The van der Waals surface area contributed by atoms with Gasteiger partial charge >= 0.3 is 5.97 Å². The van der Waals surface area contributed by atoms with E-state index >= 15 is 0 Å². The number of hydrogen-bond acceptors (Lipinski definition) is 5. The Morgan fingerprint density at radius 3 is 2.32 bits per heavy atom. The van der Waals surface area contributed by atoms with Gasteiger partial charge in [0.25, 0.3) is 0 Å². The second-order valence-corrected chi connectivity index (χ2v) is 4.70. The Morgan fingerprint density at radius 2 is 1.68 bits per heavy atom. The van der Waals surface area contributed by atoms with Crippen molar-refractivity contribution in [2.24, 2.45) is 0 Å². The Morgan fingerprint density at radius 1 is 1.00 bits per heavy atom. The third-order valence-electron chi connectivity index (χ3n) is 2.92. The smallest absolute Gasteiger partial charge is 0.343 e. The van der Waals surface area contributed by atoms with E-state index in [1.807, 2.05) is 0 Å². The lowest BCUT2D eigenvalue weighted by molar-refractivity contribution is 0.0733. The molecule has 0 N–H and O–H groups in total. The van der Waals surface area contributed by atoms with Crippen molar-refractivity contribution in [1.29, 1.82) is 0 Å². The molecular weight excluding hydrogens is 308 g/mol. The van der Waals surface area contributed by atoms with E-state index in [4.69, 9.17) is 25.8 Å². The maximum atomic E-state index is 12.2. The van der Waals surface area contributed by atoms with Gasteiger partial charge in [0.05, 0.1) is 25.3 Å². The first-order chi connectivity index (χ1) is 10.6. The van der Waals surface area contributed by atoms with Gasteiger partial charge in [-0.25, -0.2) is 4.79 Å². The highest BCUT2D eigenvalue weighted by Crippen LogP contribution is 2.28.